The highest BCUT2D eigenvalue weighted by atomic mass is 16.5. The lowest BCUT2D eigenvalue weighted by Gasteiger charge is -2.11. The van der Waals surface area contributed by atoms with Crippen LogP contribution in [0.15, 0.2) is 6.20 Å². The molecule has 1 aliphatic rings. The Labute approximate surface area is 76.9 Å². The van der Waals surface area contributed by atoms with E-state index in [-0.39, 0.29) is 6.04 Å². The van der Waals surface area contributed by atoms with Crippen LogP contribution in [-0.2, 0) is 4.74 Å². The van der Waals surface area contributed by atoms with Crippen molar-refractivity contribution in [2.75, 3.05) is 13.7 Å². The first kappa shape index (κ1) is 8.65. The van der Waals surface area contributed by atoms with Gasteiger partial charge in [0.05, 0.1) is 30.6 Å². The lowest BCUT2D eigenvalue weighted by Crippen LogP contribution is -2.20. The van der Waals surface area contributed by atoms with Crippen LogP contribution in [0.4, 0.5) is 0 Å². The van der Waals surface area contributed by atoms with Gasteiger partial charge in [-0.2, -0.15) is 0 Å². The van der Waals surface area contributed by atoms with E-state index < -0.39 is 0 Å². The molecular weight excluding hydrogens is 168 g/mol. The quantitative estimate of drug-likeness (QED) is 0.725. The lowest BCUT2D eigenvalue weighted by molar-refractivity contribution is 0.177. The molecule has 72 valence electrons. The van der Waals surface area contributed by atoms with Crippen LogP contribution in [-0.4, -0.2) is 28.7 Å². The number of aromatic nitrogens is 3. The Kier molecular flexibility index (Phi) is 2.28. The summed E-state index contributed by atoms with van der Waals surface area (Å²) in [4.78, 5) is 0. The second-order valence-electron chi connectivity index (χ2n) is 3.40. The number of nitrogens with two attached hydrogens (primary N) is 1. The number of hydrogen-bond donors (Lipinski definition) is 1. The van der Waals surface area contributed by atoms with E-state index in [0.29, 0.717) is 12.6 Å². The molecular formula is C8H14N4O. The third-order valence-corrected chi connectivity index (χ3v) is 2.22. The van der Waals surface area contributed by atoms with Crippen LogP contribution in [0.3, 0.4) is 0 Å². The highest BCUT2D eigenvalue weighted by Gasteiger charge is 2.28. The summed E-state index contributed by atoms with van der Waals surface area (Å²) >= 11 is 0. The van der Waals surface area contributed by atoms with E-state index >= 15 is 0 Å². The molecule has 1 aromatic heterocycles. The van der Waals surface area contributed by atoms with Crippen molar-refractivity contribution in [3.63, 3.8) is 0 Å². The van der Waals surface area contributed by atoms with Crippen LogP contribution >= 0.6 is 0 Å². The lowest BCUT2D eigenvalue weighted by atomic mass is 10.2. The molecule has 0 amide bonds. The molecule has 0 unspecified atom stereocenters. The summed E-state index contributed by atoms with van der Waals surface area (Å²) in [6.07, 6.45) is 4.11. The SMILES string of the molecule is COC[C@@H](N)c1cnnn1C1CC1. The number of methoxy groups -OCH3 is 1. The smallest absolute Gasteiger partial charge is 0.0781 e. The van der Waals surface area contributed by atoms with E-state index in [9.17, 15) is 0 Å². The Morgan fingerprint density at radius 1 is 1.77 bits per heavy atom. The van der Waals surface area contributed by atoms with Crippen molar-refractivity contribution in [1.29, 1.82) is 0 Å². The highest BCUT2D eigenvalue weighted by Crippen LogP contribution is 2.35. The molecule has 0 bridgehead atoms. The Balaban J connectivity index is 2.13. The average molecular weight is 182 g/mol. The van der Waals surface area contributed by atoms with Crippen LogP contribution in [0, 0.1) is 0 Å². The molecule has 2 rings (SSSR count). The van der Waals surface area contributed by atoms with Crippen molar-refractivity contribution >= 4 is 0 Å². The highest BCUT2D eigenvalue weighted by molar-refractivity contribution is 5.04. The monoisotopic (exact) mass is 182 g/mol. The van der Waals surface area contributed by atoms with E-state index in [1.807, 2.05) is 4.68 Å². The summed E-state index contributed by atoms with van der Waals surface area (Å²) in [6.45, 7) is 0.514. The Morgan fingerprint density at radius 3 is 3.15 bits per heavy atom. The Bertz CT molecular complexity index is 281. The number of ether oxygens (including phenoxy) is 1. The van der Waals surface area contributed by atoms with Gasteiger partial charge in [-0.05, 0) is 12.8 Å². The normalized spacial score (nSPS) is 18.9. The Hall–Kier alpha value is -0.940. The van der Waals surface area contributed by atoms with E-state index in [2.05, 4.69) is 10.3 Å². The minimum absolute atomic E-state index is 0.111. The van der Waals surface area contributed by atoms with Gasteiger partial charge >= 0.3 is 0 Å². The van der Waals surface area contributed by atoms with Gasteiger partial charge in [-0.1, -0.05) is 5.21 Å². The van der Waals surface area contributed by atoms with Crippen molar-refractivity contribution in [2.45, 2.75) is 24.9 Å². The zero-order valence-corrected chi connectivity index (χ0v) is 7.68. The molecule has 5 nitrogen and oxygen atoms in total. The first-order valence-electron chi connectivity index (χ1n) is 4.47. The molecule has 0 aliphatic heterocycles. The minimum Gasteiger partial charge on any atom is -0.383 e. The molecule has 5 heteroatoms. The van der Waals surface area contributed by atoms with Crippen molar-refractivity contribution in [3.05, 3.63) is 11.9 Å². The maximum atomic E-state index is 5.89. The second-order valence-corrected chi connectivity index (χ2v) is 3.40. The summed E-state index contributed by atoms with van der Waals surface area (Å²) in [7, 11) is 1.64. The molecule has 0 radical (unpaired) electrons. The second kappa shape index (κ2) is 3.43. The first-order valence-corrected chi connectivity index (χ1v) is 4.47. The molecule has 1 fully saturated rings. The first-order chi connectivity index (χ1) is 6.33. The molecule has 1 saturated carbocycles. The predicted molar refractivity (Wildman–Crippen MR) is 47.1 cm³/mol. The zero-order valence-electron chi connectivity index (χ0n) is 7.68. The van der Waals surface area contributed by atoms with Gasteiger partial charge in [0, 0.05) is 7.11 Å². The average Bonchev–Trinajstić information content (AvgIpc) is 2.84. The van der Waals surface area contributed by atoms with Gasteiger partial charge in [0.25, 0.3) is 0 Å². The molecule has 0 spiro atoms. The van der Waals surface area contributed by atoms with Crippen LogP contribution in [0.2, 0.25) is 0 Å². The van der Waals surface area contributed by atoms with Gasteiger partial charge in [0.1, 0.15) is 0 Å². The topological polar surface area (TPSA) is 66.0 Å². The fourth-order valence-corrected chi connectivity index (χ4v) is 1.38. The molecule has 1 aliphatic carbocycles. The van der Waals surface area contributed by atoms with Crippen molar-refractivity contribution in [1.82, 2.24) is 15.0 Å². The van der Waals surface area contributed by atoms with Gasteiger partial charge in [0.2, 0.25) is 0 Å². The zero-order chi connectivity index (χ0) is 9.26. The molecule has 13 heavy (non-hydrogen) atoms. The van der Waals surface area contributed by atoms with Gasteiger partial charge in [-0.15, -0.1) is 5.10 Å². The van der Waals surface area contributed by atoms with E-state index in [4.69, 9.17) is 10.5 Å². The number of hydrogen-bond acceptors (Lipinski definition) is 4. The largest absolute Gasteiger partial charge is 0.383 e. The van der Waals surface area contributed by atoms with Crippen LogP contribution in [0.5, 0.6) is 0 Å². The summed E-state index contributed by atoms with van der Waals surface area (Å²) in [5, 5.41) is 7.88. The summed E-state index contributed by atoms with van der Waals surface area (Å²) < 4.78 is 6.91. The fraction of sp³-hybridized carbons (Fsp3) is 0.750. The molecule has 2 N–H and O–H groups in total. The van der Waals surface area contributed by atoms with Crippen LogP contribution in [0.1, 0.15) is 30.6 Å². The van der Waals surface area contributed by atoms with Crippen molar-refractivity contribution in [3.8, 4) is 0 Å². The molecule has 0 aromatic carbocycles. The molecule has 0 saturated heterocycles. The van der Waals surface area contributed by atoms with Gasteiger partial charge in [-0.3, -0.25) is 0 Å². The number of rotatable bonds is 4. The van der Waals surface area contributed by atoms with Crippen molar-refractivity contribution in [2.24, 2.45) is 5.73 Å². The van der Waals surface area contributed by atoms with Gasteiger partial charge in [-0.25, -0.2) is 4.68 Å². The molecule has 1 aromatic rings. The maximum Gasteiger partial charge on any atom is 0.0781 e. The van der Waals surface area contributed by atoms with Crippen LogP contribution in [0.25, 0.3) is 0 Å². The standard InChI is InChI=1S/C8H14N4O/c1-13-5-7(9)8-4-10-11-12(8)6-2-3-6/h4,6-7H,2-3,5,9H2,1H3/t7-/m1/s1. The van der Waals surface area contributed by atoms with E-state index in [1.165, 1.54) is 12.8 Å². The molecule has 1 heterocycles. The maximum absolute atomic E-state index is 5.89. The fourth-order valence-electron chi connectivity index (χ4n) is 1.38. The van der Waals surface area contributed by atoms with E-state index in [0.717, 1.165) is 5.69 Å². The third kappa shape index (κ3) is 1.71. The number of nitrogens with zero attached hydrogens (tertiary/aromatic N) is 3. The summed E-state index contributed by atoms with van der Waals surface area (Å²) in [5.74, 6) is 0. The van der Waals surface area contributed by atoms with E-state index in [1.54, 1.807) is 13.3 Å². The third-order valence-electron chi connectivity index (χ3n) is 2.22. The van der Waals surface area contributed by atoms with Crippen molar-refractivity contribution < 1.29 is 4.74 Å². The Morgan fingerprint density at radius 2 is 2.54 bits per heavy atom. The minimum atomic E-state index is -0.111. The van der Waals surface area contributed by atoms with Crippen LogP contribution < -0.4 is 5.73 Å². The molecule has 1 atom stereocenters. The summed E-state index contributed by atoms with van der Waals surface area (Å²) in [5.41, 5.74) is 6.87. The predicted octanol–water partition coefficient (Wildman–Crippen LogP) is 0.259. The summed E-state index contributed by atoms with van der Waals surface area (Å²) in [6, 6.07) is 0.418. The van der Waals surface area contributed by atoms with Gasteiger partial charge < -0.3 is 10.5 Å². The van der Waals surface area contributed by atoms with Gasteiger partial charge in [0.15, 0.2) is 0 Å².